The third kappa shape index (κ3) is 3.97. The molecule has 0 unspecified atom stereocenters. The van der Waals surface area contributed by atoms with Gasteiger partial charge < -0.3 is 18.6 Å². The van der Waals surface area contributed by atoms with E-state index in [1.165, 1.54) is 26.1 Å². The van der Waals surface area contributed by atoms with Crippen LogP contribution in [-0.4, -0.2) is 20.8 Å². The molecule has 140 valence electrons. The number of rotatable bonds is 6. The lowest BCUT2D eigenvalue weighted by atomic mass is 10.1. The molecule has 0 N–H and O–H groups in total. The number of benzene rings is 2. The first-order chi connectivity index (χ1) is 13.0. The second-order valence-electron chi connectivity index (χ2n) is 6.30. The maximum Gasteiger partial charge on any atom is 0.200 e. The zero-order valence-electron chi connectivity index (χ0n) is 15.9. The molecule has 27 heavy (non-hydrogen) atoms. The van der Waals surface area contributed by atoms with Crippen molar-refractivity contribution in [2.75, 3.05) is 20.8 Å². The van der Waals surface area contributed by atoms with Crippen LogP contribution < -0.4 is 19.6 Å². The summed E-state index contributed by atoms with van der Waals surface area (Å²) in [6, 6.07) is 10.7. The molecule has 0 spiro atoms. The Balaban J connectivity index is 1.96. The van der Waals surface area contributed by atoms with Crippen LogP contribution in [0.15, 0.2) is 63.5 Å². The maximum atomic E-state index is 12.9. The van der Waals surface area contributed by atoms with E-state index < -0.39 is 0 Å². The first-order valence-electron chi connectivity index (χ1n) is 8.57. The lowest BCUT2D eigenvalue weighted by Gasteiger charge is -2.09. The van der Waals surface area contributed by atoms with Crippen molar-refractivity contribution < 1.29 is 18.6 Å². The molecule has 1 aromatic heterocycles. The first kappa shape index (κ1) is 18.6. The third-order valence-electron chi connectivity index (χ3n) is 4.19. The van der Waals surface area contributed by atoms with E-state index in [1.807, 2.05) is 44.2 Å². The Morgan fingerprint density at radius 3 is 2.33 bits per heavy atom. The van der Waals surface area contributed by atoms with Crippen LogP contribution in [0.25, 0.3) is 22.1 Å². The van der Waals surface area contributed by atoms with Gasteiger partial charge in [0.25, 0.3) is 0 Å². The molecule has 0 aliphatic heterocycles. The molecular weight excluding hydrogens is 344 g/mol. The van der Waals surface area contributed by atoms with Crippen LogP contribution in [0, 0.1) is 0 Å². The molecule has 0 atom stereocenters. The van der Waals surface area contributed by atoms with Gasteiger partial charge in [0, 0.05) is 6.07 Å². The fourth-order valence-electron chi connectivity index (χ4n) is 2.69. The Bertz CT molecular complexity index is 1020. The summed E-state index contributed by atoms with van der Waals surface area (Å²) in [5.41, 5.74) is 2.76. The summed E-state index contributed by atoms with van der Waals surface area (Å²) in [6.45, 7) is 4.56. The van der Waals surface area contributed by atoms with E-state index in [0.29, 0.717) is 34.6 Å². The van der Waals surface area contributed by atoms with E-state index in [2.05, 4.69) is 0 Å². The first-order valence-corrected chi connectivity index (χ1v) is 8.57. The van der Waals surface area contributed by atoms with Crippen LogP contribution in [0.4, 0.5) is 0 Å². The normalized spacial score (nSPS) is 10.5. The average Bonchev–Trinajstić information content (AvgIpc) is 2.68. The number of fused-ring (bicyclic) bond motifs is 1. The predicted octanol–water partition coefficient (Wildman–Crippen LogP) is 4.82. The molecule has 0 saturated heterocycles. The van der Waals surface area contributed by atoms with Gasteiger partial charge in [0.15, 0.2) is 11.5 Å². The van der Waals surface area contributed by atoms with Gasteiger partial charge >= 0.3 is 0 Å². The number of allylic oxidation sites excluding steroid dienone is 1. The van der Waals surface area contributed by atoms with E-state index in [4.69, 9.17) is 18.6 Å². The monoisotopic (exact) mass is 366 g/mol. The summed E-state index contributed by atoms with van der Waals surface area (Å²) in [4.78, 5) is 12.9. The van der Waals surface area contributed by atoms with Gasteiger partial charge in [-0.25, -0.2) is 0 Å². The molecule has 1 heterocycles. The van der Waals surface area contributed by atoms with E-state index in [-0.39, 0.29) is 5.43 Å². The van der Waals surface area contributed by atoms with Crippen LogP contribution in [0.1, 0.15) is 13.8 Å². The van der Waals surface area contributed by atoms with Crippen LogP contribution in [0.3, 0.4) is 0 Å². The van der Waals surface area contributed by atoms with Gasteiger partial charge in [-0.3, -0.25) is 4.79 Å². The molecule has 0 amide bonds. The van der Waals surface area contributed by atoms with Crippen molar-refractivity contribution in [3.63, 3.8) is 0 Å². The van der Waals surface area contributed by atoms with Crippen molar-refractivity contribution in [3.05, 3.63) is 64.5 Å². The summed E-state index contributed by atoms with van der Waals surface area (Å²) >= 11 is 0. The Labute approximate surface area is 157 Å². The minimum Gasteiger partial charge on any atom is -0.493 e. The van der Waals surface area contributed by atoms with E-state index in [9.17, 15) is 4.79 Å². The number of hydrogen-bond donors (Lipinski definition) is 0. The molecule has 0 aliphatic rings. The second-order valence-corrected chi connectivity index (χ2v) is 6.30. The predicted molar refractivity (Wildman–Crippen MR) is 106 cm³/mol. The second kappa shape index (κ2) is 7.99. The summed E-state index contributed by atoms with van der Waals surface area (Å²) in [7, 11) is 3.07. The summed E-state index contributed by atoms with van der Waals surface area (Å²) in [5, 5.41) is 0.439. The van der Waals surface area contributed by atoms with Crippen molar-refractivity contribution in [3.8, 4) is 28.4 Å². The fourth-order valence-corrected chi connectivity index (χ4v) is 2.69. The summed E-state index contributed by atoms with van der Waals surface area (Å²) < 4.78 is 21.9. The zero-order chi connectivity index (χ0) is 19.4. The minimum absolute atomic E-state index is 0.129. The molecule has 3 aromatic rings. The van der Waals surface area contributed by atoms with Crippen molar-refractivity contribution in [2.45, 2.75) is 13.8 Å². The Hall–Kier alpha value is -3.21. The highest BCUT2D eigenvalue weighted by Gasteiger charge is 2.13. The molecule has 0 bridgehead atoms. The van der Waals surface area contributed by atoms with Gasteiger partial charge in [-0.15, -0.1) is 0 Å². The fraction of sp³-hybridized carbons (Fsp3) is 0.227. The van der Waals surface area contributed by atoms with Crippen LogP contribution in [0.2, 0.25) is 0 Å². The van der Waals surface area contributed by atoms with E-state index in [1.54, 1.807) is 12.1 Å². The van der Waals surface area contributed by atoms with Crippen LogP contribution >= 0.6 is 0 Å². The van der Waals surface area contributed by atoms with E-state index >= 15 is 0 Å². The molecule has 0 aliphatic carbocycles. The standard InChI is InChI=1S/C22H22O5/c1-14(2)9-10-26-16-7-5-15(6-8-16)18-13-27-19-12-21(25-4)20(24-3)11-17(19)22(18)23/h5-9,11-13H,10H2,1-4H3. The van der Waals surface area contributed by atoms with Crippen LogP contribution in [0.5, 0.6) is 17.2 Å². The number of methoxy groups -OCH3 is 2. The smallest absolute Gasteiger partial charge is 0.200 e. The third-order valence-corrected chi connectivity index (χ3v) is 4.19. The Morgan fingerprint density at radius 2 is 1.70 bits per heavy atom. The van der Waals surface area contributed by atoms with Gasteiger partial charge in [-0.1, -0.05) is 17.7 Å². The SMILES string of the molecule is COc1cc2occ(-c3ccc(OCC=C(C)C)cc3)c(=O)c2cc1OC. The Kier molecular flexibility index (Phi) is 5.50. The van der Waals surface area contributed by atoms with Crippen molar-refractivity contribution >= 4 is 11.0 Å². The molecule has 3 rings (SSSR count). The minimum atomic E-state index is -0.129. The number of hydrogen-bond acceptors (Lipinski definition) is 5. The highest BCUT2D eigenvalue weighted by atomic mass is 16.5. The zero-order valence-corrected chi connectivity index (χ0v) is 15.9. The molecule has 0 saturated carbocycles. The molecule has 2 aromatic carbocycles. The molecule has 0 radical (unpaired) electrons. The van der Waals surface area contributed by atoms with Gasteiger partial charge in [0.05, 0.1) is 25.2 Å². The number of ether oxygens (including phenoxy) is 3. The van der Waals surface area contributed by atoms with Gasteiger partial charge in [0.2, 0.25) is 5.43 Å². The topological polar surface area (TPSA) is 57.9 Å². The molecular formula is C22H22O5. The van der Waals surface area contributed by atoms with E-state index in [0.717, 1.165) is 11.3 Å². The van der Waals surface area contributed by atoms with Crippen molar-refractivity contribution in [1.29, 1.82) is 0 Å². The average molecular weight is 366 g/mol. The summed E-state index contributed by atoms with van der Waals surface area (Å²) in [5.74, 6) is 1.74. The highest BCUT2D eigenvalue weighted by Crippen LogP contribution is 2.32. The Morgan fingerprint density at radius 1 is 1.04 bits per heavy atom. The molecule has 0 fully saturated rings. The van der Waals surface area contributed by atoms with Gasteiger partial charge in [-0.05, 0) is 43.7 Å². The van der Waals surface area contributed by atoms with Crippen molar-refractivity contribution in [2.24, 2.45) is 0 Å². The molecule has 5 heteroatoms. The summed E-state index contributed by atoms with van der Waals surface area (Å²) in [6.07, 6.45) is 3.48. The lowest BCUT2D eigenvalue weighted by molar-refractivity contribution is 0.355. The quantitative estimate of drug-likeness (QED) is 0.585. The lowest BCUT2D eigenvalue weighted by Crippen LogP contribution is -2.05. The largest absolute Gasteiger partial charge is 0.493 e. The van der Waals surface area contributed by atoms with Gasteiger partial charge in [0.1, 0.15) is 24.2 Å². The van der Waals surface area contributed by atoms with Crippen molar-refractivity contribution in [1.82, 2.24) is 0 Å². The maximum absolute atomic E-state index is 12.9. The van der Waals surface area contributed by atoms with Gasteiger partial charge in [-0.2, -0.15) is 0 Å². The van der Waals surface area contributed by atoms with Crippen LogP contribution in [-0.2, 0) is 0 Å². The molecule has 5 nitrogen and oxygen atoms in total. The highest BCUT2D eigenvalue weighted by molar-refractivity contribution is 5.84.